The lowest BCUT2D eigenvalue weighted by Crippen LogP contribution is -2.19. The number of aromatic nitrogens is 1. The summed E-state index contributed by atoms with van der Waals surface area (Å²) in [6.45, 7) is 7.88. The Bertz CT molecular complexity index is 1130. The van der Waals surface area contributed by atoms with Crippen LogP contribution < -0.4 is 4.80 Å². The molecule has 0 spiro atoms. The van der Waals surface area contributed by atoms with Crippen LogP contribution in [0.1, 0.15) is 41.5 Å². The van der Waals surface area contributed by atoms with Gasteiger partial charge in [0.15, 0.2) is 4.80 Å². The van der Waals surface area contributed by atoms with Crippen molar-refractivity contribution in [2.75, 3.05) is 20.3 Å². The van der Waals surface area contributed by atoms with Gasteiger partial charge in [0, 0.05) is 28.9 Å². The zero-order valence-corrected chi connectivity index (χ0v) is 19.7. The number of amides is 1. The maximum Gasteiger partial charge on any atom is 0.337 e. The molecule has 0 aliphatic rings. The first-order valence-corrected chi connectivity index (χ1v) is 11.8. The van der Waals surface area contributed by atoms with Crippen LogP contribution in [0.2, 0.25) is 0 Å². The number of fused-ring (bicyclic) bond motifs is 1. The van der Waals surface area contributed by atoms with E-state index in [0.717, 1.165) is 15.1 Å². The molecule has 0 aliphatic heterocycles. The molecular formula is C23H26N2O4S2. The molecule has 0 aliphatic carbocycles. The monoisotopic (exact) mass is 458 g/mol. The highest BCUT2D eigenvalue weighted by Crippen LogP contribution is 2.23. The highest BCUT2D eigenvalue weighted by molar-refractivity contribution is 7.99. The number of thiazole rings is 1. The summed E-state index contributed by atoms with van der Waals surface area (Å²) >= 11 is 3.12. The molecule has 1 aromatic heterocycles. The van der Waals surface area contributed by atoms with Crippen LogP contribution in [-0.4, -0.2) is 42.0 Å². The quantitative estimate of drug-likeness (QED) is 0.276. The highest BCUT2D eigenvalue weighted by Gasteiger charge is 2.13. The molecule has 0 fully saturated rings. The summed E-state index contributed by atoms with van der Waals surface area (Å²) in [5, 5.41) is 0.476. The van der Waals surface area contributed by atoms with E-state index < -0.39 is 5.97 Å². The van der Waals surface area contributed by atoms with Crippen molar-refractivity contribution in [1.29, 1.82) is 0 Å². The van der Waals surface area contributed by atoms with Crippen LogP contribution in [0.3, 0.4) is 0 Å². The van der Waals surface area contributed by atoms with Gasteiger partial charge in [-0.05, 0) is 49.4 Å². The van der Waals surface area contributed by atoms with Crippen molar-refractivity contribution >= 4 is 45.2 Å². The Balaban J connectivity index is 1.99. The van der Waals surface area contributed by atoms with Crippen molar-refractivity contribution in [1.82, 2.24) is 4.57 Å². The number of ether oxygens (including phenoxy) is 2. The lowest BCUT2D eigenvalue weighted by molar-refractivity contribution is 0.0600. The predicted octanol–water partition coefficient (Wildman–Crippen LogP) is 4.77. The van der Waals surface area contributed by atoms with Crippen LogP contribution >= 0.6 is 23.1 Å². The second-order valence-electron chi connectivity index (χ2n) is 7.02. The number of thioether (sulfide) groups is 1. The van der Waals surface area contributed by atoms with E-state index in [-0.39, 0.29) is 5.91 Å². The zero-order valence-electron chi connectivity index (χ0n) is 18.1. The highest BCUT2D eigenvalue weighted by atomic mass is 32.2. The first-order chi connectivity index (χ1) is 14.9. The van der Waals surface area contributed by atoms with Crippen LogP contribution in [0.5, 0.6) is 0 Å². The normalized spacial score (nSPS) is 12.0. The molecule has 0 atom stereocenters. The molecule has 0 radical (unpaired) electrons. The van der Waals surface area contributed by atoms with Crippen molar-refractivity contribution in [2.24, 2.45) is 4.99 Å². The summed E-state index contributed by atoms with van der Waals surface area (Å²) in [7, 11) is 1.35. The van der Waals surface area contributed by atoms with Gasteiger partial charge < -0.3 is 14.0 Å². The number of hydrogen-bond acceptors (Lipinski definition) is 6. The number of benzene rings is 2. The molecule has 2 aromatic carbocycles. The maximum atomic E-state index is 12.8. The van der Waals surface area contributed by atoms with E-state index >= 15 is 0 Å². The van der Waals surface area contributed by atoms with Gasteiger partial charge in [-0.15, -0.1) is 11.8 Å². The second kappa shape index (κ2) is 10.7. The molecule has 0 N–H and O–H groups in total. The van der Waals surface area contributed by atoms with Gasteiger partial charge in [0.2, 0.25) is 0 Å². The summed E-state index contributed by atoms with van der Waals surface area (Å²) in [5.74, 6) is -0.698. The SMILES string of the molecule is CCOCCn1c(=NC(=O)c2ccc(SC(C)C)cc2)sc2cc(C(=O)OC)ccc21. The Morgan fingerprint density at radius 3 is 2.48 bits per heavy atom. The fourth-order valence-electron chi connectivity index (χ4n) is 3.02. The van der Waals surface area contributed by atoms with Crippen LogP contribution in [0.4, 0.5) is 0 Å². The number of nitrogens with zero attached hydrogens (tertiary/aromatic N) is 2. The van der Waals surface area contributed by atoms with Crippen LogP contribution in [0.25, 0.3) is 10.2 Å². The number of hydrogen-bond donors (Lipinski definition) is 0. The Hall–Kier alpha value is -2.42. The van der Waals surface area contributed by atoms with Crippen LogP contribution in [0, 0.1) is 0 Å². The number of carbonyl (C=O) groups is 2. The molecule has 3 aromatic rings. The first-order valence-electron chi connectivity index (χ1n) is 10.1. The maximum absolute atomic E-state index is 12.8. The summed E-state index contributed by atoms with van der Waals surface area (Å²) < 4.78 is 13.1. The van der Waals surface area contributed by atoms with Gasteiger partial charge in [-0.3, -0.25) is 4.79 Å². The zero-order chi connectivity index (χ0) is 22.4. The Labute approximate surface area is 189 Å². The molecule has 31 heavy (non-hydrogen) atoms. The van der Waals surface area contributed by atoms with Gasteiger partial charge >= 0.3 is 5.97 Å². The summed E-state index contributed by atoms with van der Waals surface area (Å²) in [6, 6.07) is 12.9. The summed E-state index contributed by atoms with van der Waals surface area (Å²) in [5.41, 5.74) is 1.90. The number of methoxy groups -OCH3 is 1. The van der Waals surface area contributed by atoms with E-state index in [1.165, 1.54) is 18.4 Å². The fraction of sp³-hybridized carbons (Fsp3) is 0.348. The van der Waals surface area contributed by atoms with Crippen molar-refractivity contribution in [3.63, 3.8) is 0 Å². The van der Waals surface area contributed by atoms with Crippen molar-refractivity contribution in [2.45, 2.75) is 37.5 Å². The third kappa shape index (κ3) is 5.84. The first kappa shape index (κ1) is 23.2. The second-order valence-corrected chi connectivity index (χ2v) is 9.67. The predicted molar refractivity (Wildman–Crippen MR) is 125 cm³/mol. The number of esters is 1. The molecule has 6 nitrogen and oxygen atoms in total. The minimum atomic E-state index is -0.398. The van der Waals surface area contributed by atoms with Gasteiger partial charge in [-0.1, -0.05) is 25.2 Å². The van der Waals surface area contributed by atoms with E-state index in [1.54, 1.807) is 23.9 Å². The van der Waals surface area contributed by atoms with Gasteiger partial charge in [0.25, 0.3) is 5.91 Å². The minimum absolute atomic E-state index is 0.300. The third-order valence-electron chi connectivity index (χ3n) is 4.44. The molecule has 164 valence electrons. The average molecular weight is 459 g/mol. The molecule has 0 bridgehead atoms. The molecule has 1 heterocycles. The summed E-state index contributed by atoms with van der Waals surface area (Å²) in [6.07, 6.45) is 0. The molecule has 0 saturated carbocycles. The van der Waals surface area contributed by atoms with Crippen molar-refractivity contribution < 1.29 is 19.1 Å². The smallest absolute Gasteiger partial charge is 0.337 e. The van der Waals surface area contributed by atoms with Crippen molar-refractivity contribution in [3.8, 4) is 0 Å². The largest absolute Gasteiger partial charge is 0.465 e. The number of carbonyl (C=O) groups excluding carboxylic acids is 2. The molecule has 3 rings (SSSR count). The van der Waals surface area contributed by atoms with Gasteiger partial charge in [0.05, 0.1) is 29.5 Å². The lowest BCUT2D eigenvalue weighted by atomic mass is 10.2. The van der Waals surface area contributed by atoms with E-state index in [1.807, 2.05) is 41.8 Å². The minimum Gasteiger partial charge on any atom is -0.465 e. The summed E-state index contributed by atoms with van der Waals surface area (Å²) in [4.78, 5) is 30.8. The fourth-order valence-corrected chi connectivity index (χ4v) is 4.95. The lowest BCUT2D eigenvalue weighted by Gasteiger charge is -2.06. The van der Waals surface area contributed by atoms with Gasteiger partial charge in [-0.25, -0.2) is 4.79 Å². The molecule has 1 amide bonds. The van der Waals surface area contributed by atoms with E-state index in [4.69, 9.17) is 9.47 Å². The molecule has 0 unspecified atom stereocenters. The van der Waals surface area contributed by atoms with E-state index in [9.17, 15) is 9.59 Å². The van der Waals surface area contributed by atoms with E-state index in [0.29, 0.717) is 40.9 Å². The average Bonchev–Trinajstić information content (AvgIpc) is 3.09. The third-order valence-corrected chi connectivity index (χ3v) is 6.49. The van der Waals surface area contributed by atoms with Crippen LogP contribution in [0.15, 0.2) is 52.4 Å². The van der Waals surface area contributed by atoms with Crippen LogP contribution in [-0.2, 0) is 16.0 Å². The number of rotatable bonds is 8. The Kier molecular flexibility index (Phi) is 8.06. The molecular weight excluding hydrogens is 432 g/mol. The Morgan fingerprint density at radius 1 is 1.13 bits per heavy atom. The standard InChI is InChI=1S/C23H26N2O4S2/c1-5-29-13-12-25-19-11-8-17(22(27)28-4)14-20(19)31-23(25)24-21(26)16-6-9-18(10-7-16)30-15(2)3/h6-11,14-15H,5,12-13H2,1-4H3. The molecule has 8 heteroatoms. The van der Waals surface area contributed by atoms with E-state index in [2.05, 4.69) is 18.8 Å². The topological polar surface area (TPSA) is 69.9 Å². The van der Waals surface area contributed by atoms with Gasteiger partial charge in [0.1, 0.15) is 0 Å². The molecule has 0 saturated heterocycles. The Morgan fingerprint density at radius 2 is 1.84 bits per heavy atom. The van der Waals surface area contributed by atoms with Crippen molar-refractivity contribution in [3.05, 3.63) is 58.4 Å². The van der Waals surface area contributed by atoms with Gasteiger partial charge in [-0.2, -0.15) is 4.99 Å².